The summed E-state index contributed by atoms with van der Waals surface area (Å²) in [5, 5.41) is 4.93. The van der Waals surface area contributed by atoms with Crippen molar-refractivity contribution >= 4 is 33.4 Å². The molecule has 8 rings (SSSR count). The molecule has 8 aromatic rings. The lowest BCUT2D eigenvalue weighted by molar-refractivity contribution is 1.09. The molecular formula is C64H72N4. The van der Waals surface area contributed by atoms with Crippen molar-refractivity contribution in [3.8, 4) is 63.7 Å². The topological polar surface area (TPSA) is 35.6 Å². The van der Waals surface area contributed by atoms with E-state index in [0.29, 0.717) is 5.82 Å². The third kappa shape index (κ3) is 14.5. The van der Waals surface area contributed by atoms with Crippen molar-refractivity contribution in [2.75, 3.05) is 0 Å². The SMILES string of the molecule is C#C.C=C/C(=C\CC)n1/c(=C/C)c2c(-c3cccn3-c3ccc(-c4cc(-c5ccccc5)nc(-c5ccccc5)n4)cc3)ccc3cccc1c32.C=C/C=C\C.C=C/C=C\C.C=CC.CC.CC. The van der Waals surface area contributed by atoms with Crippen LogP contribution in [0.25, 0.3) is 84.3 Å². The fourth-order valence-electron chi connectivity index (χ4n) is 7.25. The van der Waals surface area contributed by atoms with Gasteiger partial charge in [0.15, 0.2) is 5.82 Å². The van der Waals surface area contributed by atoms with Gasteiger partial charge >= 0.3 is 0 Å². The average Bonchev–Trinajstić information content (AvgIpc) is 4.03. The smallest absolute Gasteiger partial charge is 0.160 e. The number of aromatic nitrogens is 4. The van der Waals surface area contributed by atoms with Crippen molar-refractivity contribution in [2.45, 2.75) is 68.7 Å². The van der Waals surface area contributed by atoms with E-state index in [1.807, 2.05) is 115 Å². The van der Waals surface area contributed by atoms with E-state index >= 15 is 0 Å². The largest absolute Gasteiger partial charge is 0.317 e. The molecule has 0 spiro atoms. The summed E-state index contributed by atoms with van der Waals surface area (Å²) < 4.78 is 4.63. The first-order chi connectivity index (χ1) is 33.4. The van der Waals surface area contributed by atoms with Crippen LogP contribution in [0.1, 0.15) is 68.7 Å². The summed E-state index contributed by atoms with van der Waals surface area (Å²) in [5.41, 5.74) is 10.6. The number of hydrogen-bond donors (Lipinski definition) is 0. The summed E-state index contributed by atoms with van der Waals surface area (Å²) in [6, 6.07) is 46.7. The van der Waals surface area contributed by atoms with Crippen LogP contribution in [0.4, 0.5) is 0 Å². The van der Waals surface area contributed by atoms with Gasteiger partial charge in [-0.15, -0.1) is 19.4 Å². The van der Waals surface area contributed by atoms with Crippen molar-refractivity contribution in [2.24, 2.45) is 0 Å². The van der Waals surface area contributed by atoms with Crippen molar-refractivity contribution in [3.63, 3.8) is 0 Å². The third-order valence-corrected chi connectivity index (χ3v) is 9.87. The minimum absolute atomic E-state index is 0.713. The number of terminal acetylenes is 1. The molecule has 0 atom stereocenters. The monoisotopic (exact) mass is 897 g/mol. The molecule has 0 unspecified atom stereocenters. The van der Waals surface area contributed by atoms with E-state index in [1.54, 1.807) is 18.2 Å². The van der Waals surface area contributed by atoms with Gasteiger partial charge in [-0.1, -0.05) is 206 Å². The molecule has 4 heteroatoms. The van der Waals surface area contributed by atoms with E-state index < -0.39 is 0 Å². The Morgan fingerprint density at radius 2 is 1.15 bits per heavy atom. The number of nitrogens with zero attached hydrogens (tertiary/aromatic N) is 4. The van der Waals surface area contributed by atoms with Gasteiger partial charge in [0.25, 0.3) is 0 Å². The summed E-state index contributed by atoms with van der Waals surface area (Å²) in [7, 11) is 0. The molecule has 0 radical (unpaired) electrons. The molecule has 3 heterocycles. The van der Waals surface area contributed by atoms with Crippen molar-refractivity contribution < 1.29 is 0 Å². The maximum absolute atomic E-state index is 5.03. The zero-order valence-corrected chi connectivity index (χ0v) is 42.0. The van der Waals surface area contributed by atoms with Gasteiger partial charge in [0.1, 0.15) is 0 Å². The molecule has 0 aliphatic carbocycles. The predicted molar refractivity (Wildman–Crippen MR) is 305 cm³/mol. The second-order valence-corrected chi connectivity index (χ2v) is 14.0. The normalized spacial score (nSPS) is 10.6. The summed E-state index contributed by atoms with van der Waals surface area (Å²) in [6.45, 7) is 32.6. The van der Waals surface area contributed by atoms with Gasteiger partial charge in [0, 0.05) is 50.6 Å². The van der Waals surface area contributed by atoms with Gasteiger partial charge in [-0.25, -0.2) is 9.97 Å². The molecule has 348 valence electrons. The van der Waals surface area contributed by atoms with Crippen molar-refractivity contribution in [1.29, 1.82) is 0 Å². The highest BCUT2D eigenvalue weighted by molar-refractivity contribution is 6.16. The van der Waals surface area contributed by atoms with E-state index in [2.05, 4.69) is 178 Å². The maximum atomic E-state index is 5.03. The van der Waals surface area contributed by atoms with Crippen LogP contribution >= 0.6 is 0 Å². The first-order valence-electron chi connectivity index (χ1n) is 23.4. The summed E-state index contributed by atoms with van der Waals surface area (Å²) in [5.74, 6) is 0.713. The minimum atomic E-state index is 0.713. The molecule has 0 saturated heterocycles. The zero-order valence-electron chi connectivity index (χ0n) is 42.0. The van der Waals surface area contributed by atoms with E-state index in [0.717, 1.165) is 51.6 Å². The lowest BCUT2D eigenvalue weighted by Crippen LogP contribution is -2.15. The van der Waals surface area contributed by atoms with Gasteiger partial charge < -0.3 is 9.13 Å². The van der Waals surface area contributed by atoms with E-state index in [4.69, 9.17) is 9.97 Å². The van der Waals surface area contributed by atoms with Gasteiger partial charge in [-0.2, -0.15) is 0 Å². The fraction of sp³-hybridized carbons (Fsp3) is 0.156. The second-order valence-electron chi connectivity index (χ2n) is 14.0. The molecule has 0 aliphatic heterocycles. The van der Waals surface area contributed by atoms with Gasteiger partial charge in [-0.05, 0) is 82.0 Å². The highest BCUT2D eigenvalue weighted by atomic mass is 15.0. The highest BCUT2D eigenvalue weighted by Crippen LogP contribution is 2.37. The van der Waals surface area contributed by atoms with Crippen LogP contribution in [0.15, 0.2) is 221 Å². The summed E-state index contributed by atoms with van der Waals surface area (Å²) in [4.78, 5) is 9.99. The highest BCUT2D eigenvalue weighted by Gasteiger charge is 2.19. The van der Waals surface area contributed by atoms with E-state index in [1.165, 1.54) is 32.6 Å². The molecule has 0 amide bonds. The van der Waals surface area contributed by atoms with Gasteiger partial charge in [0.2, 0.25) is 0 Å². The first-order valence-corrected chi connectivity index (χ1v) is 23.4. The third-order valence-electron chi connectivity index (χ3n) is 9.87. The van der Waals surface area contributed by atoms with Crippen LogP contribution in [0.5, 0.6) is 0 Å². The molecule has 0 aliphatic rings. The van der Waals surface area contributed by atoms with E-state index in [9.17, 15) is 0 Å². The zero-order chi connectivity index (χ0) is 50.3. The fourth-order valence-corrected chi connectivity index (χ4v) is 7.25. The molecule has 4 nitrogen and oxygen atoms in total. The summed E-state index contributed by atoms with van der Waals surface area (Å²) >= 11 is 0. The average molecular weight is 897 g/mol. The van der Waals surface area contributed by atoms with Crippen LogP contribution in [0.3, 0.4) is 0 Å². The molecule has 0 N–H and O–H groups in total. The molecule has 5 aromatic carbocycles. The summed E-state index contributed by atoms with van der Waals surface area (Å²) in [6.07, 6.45) is 30.4. The lowest BCUT2D eigenvalue weighted by Gasteiger charge is -2.13. The molecule has 0 fully saturated rings. The number of allylic oxidation sites excluding steroid dienone is 10. The van der Waals surface area contributed by atoms with E-state index in [-0.39, 0.29) is 0 Å². The number of benzene rings is 5. The van der Waals surface area contributed by atoms with Crippen LogP contribution < -0.4 is 5.35 Å². The Balaban J connectivity index is 0.000000725. The lowest BCUT2D eigenvalue weighted by atomic mass is 10.00. The van der Waals surface area contributed by atoms with Crippen LogP contribution in [-0.4, -0.2) is 19.1 Å². The Morgan fingerprint density at radius 1 is 0.603 bits per heavy atom. The standard InChI is InChI=1S/C45H36N4.2C5H8.C3H6.2C2H6.C2H2/c1-4-15-35(5-2)49-40(6-3)44-37(28-25-33-20-13-21-42(49)43(33)44)41-22-14-29-48(41)36-26-23-32(24-27-36)39-30-38(31-16-9-7-10-17-31)46-45(47-39)34-18-11-8-12-19-34;2*1-3-5-4-2;1-3-2;3*1-2/h5-30H,2,4H2,1,3H3;2*3-5H,1H2,2H3;3H,1H2,2H3;2*1-2H3;1-2H/b35-15+,40-6+;2*5-4-;;;;. The Bertz CT molecular complexity index is 2840. The molecular weight excluding hydrogens is 825 g/mol. The van der Waals surface area contributed by atoms with Gasteiger partial charge in [-0.3, -0.25) is 0 Å². The van der Waals surface area contributed by atoms with Crippen LogP contribution in [0.2, 0.25) is 0 Å². The Kier molecular flexibility index (Phi) is 26.3. The Morgan fingerprint density at radius 3 is 1.63 bits per heavy atom. The van der Waals surface area contributed by atoms with Crippen molar-refractivity contribution in [3.05, 3.63) is 226 Å². The van der Waals surface area contributed by atoms with Crippen molar-refractivity contribution in [1.82, 2.24) is 19.1 Å². The van der Waals surface area contributed by atoms with Gasteiger partial charge in [0.05, 0.1) is 27.9 Å². The maximum Gasteiger partial charge on any atom is 0.160 e. The Hall–Kier alpha value is -8.00. The molecule has 0 saturated carbocycles. The molecule has 68 heavy (non-hydrogen) atoms. The van der Waals surface area contributed by atoms with Crippen LogP contribution in [0, 0.1) is 12.8 Å². The molecule has 3 aromatic heterocycles. The quantitative estimate of drug-likeness (QED) is 0.0779. The number of rotatable bonds is 10. The molecule has 0 bridgehead atoms. The minimum Gasteiger partial charge on any atom is -0.317 e. The first kappa shape index (κ1) is 56.1. The van der Waals surface area contributed by atoms with Crippen LogP contribution in [-0.2, 0) is 0 Å². The second kappa shape index (κ2) is 31.8. The predicted octanol–water partition coefficient (Wildman–Crippen LogP) is 18.0. The Labute approximate surface area is 409 Å². The number of hydrogen-bond acceptors (Lipinski definition) is 2.